The molecule has 1 saturated heterocycles. The number of halogens is 2. The van der Waals surface area contributed by atoms with E-state index in [-0.39, 0.29) is 40.1 Å². The van der Waals surface area contributed by atoms with E-state index in [0.29, 0.717) is 19.6 Å². The van der Waals surface area contributed by atoms with Crippen molar-refractivity contribution in [3.8, 4) is 0 Å². The minimum Gasteiger partial charge on any atom is -0.333 e. The molecule has 2 aromatic rings. The summed E-state index contributed by atoms with van der Waals surface area (Å²) >= 11 is 6.12. The van der Waals surface area contributed by atoms with Crippen molar-refractivity contribution in [2.45, 2.75) is 32.5 Å². The quantitative estimate of drug-likeness (QED) is 0.566. The van der Waals surface area contributed by atoms with Crippen molar-refractivity contribution in [2.75, 3.05) is 13.1 Å². The Bertz CT molecular complexity index is 891. The zero-order chi connectivity index (χ0) is 20.4. The molecule has 1 aliphatic heterocycles. The van der Waals surface area contributed by atoms with Gasteiger partial charge < -0.3 is 4.90 Å². The topological polar surface area (TPSA) is 66.7 Å². The van der Waals surface area contributed by atoms with Crippen molar-refractivity contribution in [2.24, 2.45) is 0 Å². The number of rotatable bonds is 4. The van der Waals surface area contributed by atoms with E-state index in [2.05, 4.69) is 4.90 Å². The van der Waals surface area contributed by atoms with Crippen LogP contribution in [0, 0.1) is 15.9 Å². The number of piperazine rings is 1. The highest BCUT2D eigenvalue weighted by atomic mass is 35.5. The lowest BCUT2D eigenvalue weighted by Crippen LogP contribution is -2.57. The van der Waals surface area contributed by atoms with E-state index >= 15 is 0 Å². The van der Waals surface area contributed by atoms with Crippen LogP contribution < -0.4 is 0 Å². The first-order valence-electron chi connectivity index (χ1n) is 9.00. The van der Waals surface area contributed by atoms with Crippen LogP contribution in [0.2, 0.25) is 5.02 Å². The van der Waals surface area contributed by atoms with E-state index in [1.54, 1.807) is 17.0 Å². The summed E-state index contributed by atoms with van der Waals surface area (Å²) in [4.78, 5) is 27.5. The van der Waals surface area contributed by atoms with E-state index in [1.165, 1.54) is 30.3 Å². The maximum atomic E-state index is 13.1. The second-order valence-corrected chi connectivity index (χ2v) is 7.49. The molecule has 1 fully saturated rings. The SMILES string of the molecule is C[C@H]1CN(C(=O)c2cccc([N+](=O)[O-])c2Cl)[C@@H](C)CN1Cc1ccc(F)cc1. The van der Waals surface area contributed by atoms with E-state index in [4.69, 9.17) is 11.6 Å². The fourth-order valence-corrected chi connectivity index (χ4v) is 3.78. The summed E-state index contributed by atoms with van der Waals surface area (Å²) in [6.45, 7) is 5.72. The van der Waals surface area contributed by atoms with E-state index in [9.17, 15) is 19.3 Å². The van der Waals surface area contributed by atoms with Crippen molar-refractivity contribution in [1.29, 1.82) is 0 Å². The van der Waals surface area contributed by atoms with Gasteiger partial charge in [0.05, 0.1) is 10.5 Å². The second-order valence-electron chi connectivity index (χ2n) is 7.11. The van der Waals surface area contributed by atoms with Crippen LogP contribution in [0.5, 0.6) is 0 Å². The number of hydrogen-bond acceptors (Lipinski definition) is 4. The summed E-state index contributed by atoms with van der Waals surface area (Å²) in [5.41, 5.74) is 0.868. The lowest BCUT2D eigenvalue weighted by molar-refractivity contribution is -0.384. The molecule has 0 unspecified atom stereocenters. The molecule has 0 radical (unpaired) electrons. The summed E-state index contributed by atoms with van der Waals surface area (Å²) in [6, 6.07) is 10.6. The van der Waals surface area contributed by atoms with Gasteiger partial charge >= 0.3 is 0 Å². The number of nitrogens with zero attached hydrogens (tertiary/aromatic N) is 3. The number of amides is 1. The van der Waals surface area contributed by atoms with Crippen LogP contribution in [0.15, 0.2) is 42.5 Å². The Morgan fingerprint density at radius 3 is 2.50 bits per heavy atom. The largest absolute Gasteiger partial charge is 0.333 e. The highest BCUT2D eigenvalue weighted by Crippen LogP contribution is 2.30. The molecule has 0 N–H and O–H groups in total. The monoisotopic (exact) mass is 405 g/mol. The first-order chi connectivity index (χ1) is 13.3. The zero-order valence-electron chi connectivity index (χ0n) is 15.6. The first-order valence-corrected chi connectivity index (χ1v) is 9.38. The van der Waals surface area contributed by atoms with E-state index in [0.717, 1.165) is 5.56 Å². The number of carbonyl (C=O) groups excluding carboxylic acids is 1. The summed E-state index contributed by atoms with van der Waals surface area (Å²) in [5.74, 6) is -0.580. The molecule has 0 spiro atoms. The van der Waals surface area contributed by atoms with Crippen molar-refractivity contribution < 1.29 is 14.1 Å². The fourth-order valence-electron chi connectivity index (χ4n) is 3.51. The minimum atomic E-state index is -0.591. The molecule has 0 aliphatic carbocycles. The highest BCUT2D eigenvalue weighted by Gasteiger charge is 2.34. The third-order valence-corrected chi connectivity index (χ3v) is 5.48. The third-order valence-electron chi connectivity index (χ3n) is 5.08. The Morgan fingerprint density at radius 1 is 1.18 bits per heavy atom. The fraction of sp³-hybridized carbons (Fsp3) is 0.350. The number of hydrogen-bond donors (Lipinski definition) is 0. The molecule has 148 valence electrons. The Balaban J connectivity index is 1.75. The average Bonchev–Trinajstić information content (AvgIpc) is 2.65. The van der Waals surface area contributed by atoms with Crippen molar-refractivity contribution in [3.05, 3.63) is 74.5 Å². The highest BCUT2D eigenvalue weighted by molar-refractivity contribution is 6.35. The van der Waals surface area contributed by atoms with Crippen LogP contribution in [0.1, 0.15) is 29.8 Å². The van der Waals surface area contributed by atoms with Gasteiger partial charge in [-0.15, -0.1) is 0 Å². The maximum absolute atomic E-state index is 13.1. The minimum absolute atomic E-state index is 0.0719. The molecule has 28 heavy (non-hydrogen) atoms. The van der Waals surface area contributed by atoms with Crippen LogP contribution >= 0.6 is 11.6 Å². The second kappa shape index (κ2) is 8.24. The predicted molar refractivity (Wildman–Crippen MR) is 105 cm³/mol. The number of carbonyl (C=O) groups is 1. The maximum Gasteiger partial charge on any atom is 0.288 e. The zero-order valence-corrected chi connectivity index (χ0v) is 16.4. The predicted octanol–water partition coefficient (Wildman–Crippen LogP) is 4.12. The molecule has 6 nitrogen and oxygen atoms in total. The van der Waals surface area contributed by atoms with Gasteiger partial charge in [0, 0.05) is 37.8 Å². The van der Waals surface area contributed by atoms with Crippen molar-refractivity contribution in [1.82, 2.24) is 9.80 Å². The van der Waals surface area contributed by atoms with Crippen molar-refractivity contribution in [3.63, 3.8) is 0 Å². The molecule has 1 aliphatic rings. The van der Waals surface area contributed by atoms with Gasteiger partial charge in [-0.05, 0) is 37.6 Å². The first kappa shape index (κ1) is 20.2. The van der Waals surface area contributed by atoms with Gasteiger partial charge in [0.2, 0.25) is 0 Å². The summed E-state index contributed by atoms with van der Waals surface area (Å²) < 4.78 is 13.1. The smallest absolute Gasteiger partial charge is 0.288 e. The molecule has 1 heterocycles. The normalized spacial score (nSPS) is 20.2. The van der Waals surface area contributed by atoms with Gasteiger partial charge in [0.1, 0.15) is 10.8 Å². The van der Waals surface area contributed by atoms with Crippen LogP contribution in [0.3, 0.4) is 0 Å². The number of benzene rings is 2. The van der Waals surface area contributed by atoms with Gasteiger partial charge in [-0.1, -0.05) is 29.8 Å². The molecule has 2 atom stereocenters. The van der Waals surface area contributed by atoms with Crippen LogP contribution in [0.25, 0.3) is 0 Å². The molecule has 1 amide bonds. The Labute approximate surface area is 167 Å². The number of nitro groups is 1. The van der Waals surface area contributed by atoms with Gasteiger partial charge in [-0.2, -0.15) is 0 Å². The van der Waals surface area contributed by atoms with Crippen LogP contribution in [-0.2, 0) is 6.54 Å². The Kier molecular flexibility index (Phi) is 5.96. The number of nitro benzene ring substituents is 1. The molecule has 0 bridgehead atoms. The van der Waals surface area contributed by atoms with Gasteiger partial charge in [-0.3, -0.25) is 19.8 Å². The van der Waals surface area contributed by atoms with Gasteiger partial charge in [-0.25, -0.2) is 4.39 Å². The summed E-state index contributed by atoms with van der Waals surface area (Å²) in [5, 5.41) is 11.0. The molecule has 8 heteroatoms. The Hall–Kier alpha value is -2.51. The van der Waals surface area contributed by atoms with Crippen LogP contribution in [0.4, 0.5) is 10.1 Å². The lowest BCUT2D eigenvalue weighted by Gasteiger charge is -2.44. The van der Waals surface area contributed by atoms with E-state index < -0.39 is 4.92 Å². The van der Waals surface area contributed by atoms with Gasteiger partial charge in [0.25, 0.3) is 11.6 Å². The standard InChI is InChI=1S/C20H21ClFN3O3/c1-13-11-24(20(26)17-4-3-5-18(19(17)21)25(27)28)14(2)10-23(13)12-15-6-8-16(22)9-7-15/h3-9,13-14H,10-12H2,1-2H3/t13-,14-/m0/s1. The summed E-state index contributed by atoms with van der Waals surface area (Å²) in [7, 11) is 0. The lowest BCUT2D eigenvalue weighted by atomic mass is 10.0. The van der Waals surface area contributed by atoms with E-state index in [1.807, 2.05) is 13.8 Å². The molecular weight excluding hydrogens is 385 g/mol. The third kappa shape index (κ3) is 4.15. The van der Waals surface area contributed by atoms with Gasteiger partial charge in [0.15, 0.2) is 0 Å². The van der Waals surface area contributed by atoms with Crippen molar-refractivity contribution >= 4 is 23.2 Å². The molecule has 0 saturated carbocycles. The van der Waals surface area contributed by atoms with Crippen LogP contribution in [-0.4, -0.2) is 45.8 Å². The molecule has 0 aromatic heterocycles. The Morgan fingerprint density at radius 2 is 1.86 bits per heavy atom. The summed E-state index contributed by atoms with van der Waals surface area (Å²) in [6.07, 6.45) is 0. The average molecular weight is 406 g/mol. The molecule has 2 aromatic carbocycles. The molecular formula is C20H21ClFN3O3. The molecule has 3 rings (SSSR count).